The fourth-order valence-corrected chi connectivity index (χ4v) is 6.31. The highest BCUT2D eigenvalue weighted by Gasteiger charge is 2.64. The molecule has 1 aromatic carbocycles. The summed E-state index contributed by atoms with van der Waals surface area (Å²) >= 11 is 0. The lowest BCUT2D eigenvalue weighted by Gasteiger charge is -2.55. The molecule has 4 rings (SSSR count). The average molecular weight is 357 g/mol. The van der Waals surface area contributed by atoms with E-state index in [1.807, 2.05) is 12.1 Å². The van der Waals surface area contributed by atoms with Gasteiger partial charge in [0.15, 0.2) is 0 Å². The first-order valence-corrected chi connectivity index (χ1v) is 9.92. The highest BCUT2D eigenvalue weighted by molar-refractivity contribution is 5.89. The standard InChI is InChI=1S/C22H31NO3/c1-20(2)13-21(15-24)14-23(12-18(20)21)19(25)22(10-4-5-11-22)16-6-8-17(26-3)9-7-16/h6-9,18,24H,4-5,10-15H2,1-3H3/t18-,21-/m1/s1. The second-order valence-electron chi connectivity index (χ2n) is 9.44. The molecule has 4 nitrogen and oxygen atoms in total. The Balaban J connectivity index is 1.62. The Bertz CT molecular complexity index is 690. The molecule has 1 aromatic rings. The molecule has 4 heteroatoms. The van der Waals surface area contributed by atoms with E-state index in [9.17, 15) is 9.90 Å². The maximum absolute atomic E-state index is 13.7. The van der Waals surface area contributed by atoms with Gasteiger partial charge in [-0.05, 0) is 48.3 Å². The Kier molecular flexibility index (Phi) is 4.11. The average Bonchev–Trinajstić information content (AvgIpc) is 3.25. The Morgan fingerprint density at radius 1 is 1.23 bits per heavy atom. The first-order chi connectivity index (χ1) is 12.4. The van der Waals surface area contributed by atoms with Gasteiger partial charge in [0.25, 0.3) is 0 Å². The number of likely N-dealkylation sites (tertiary alicyclic amines) is 1. The van der Waals surface area contributed by atoms with Crippen LogP contribution >= 0.6 is 0 Å². The van der Waals surface area contributed by atoms with Crippen molar-refractivity contribution in [2.24, 2.45) is 16.7 Å². The minimum absolute atomic E-state index is 0.0706. The molecule has 0 spiro atoms. The number of nitrogens with zero attached hydrogens (tertiary/aromatic N) is 1. The summed E-state index contributed by atoms with van der Waals surface area (Å²) in [5, 5.41) is 10.0. The molecule has 0 bridgehead atoms. The fraction of sp³-hybridized carbons (Fsp3) is 0.682. The zero-order valence-corrected chi connectivity index (χ0v) is 16.3. The van der Waals surface area contributed by atoms with Crippen molar-refractivity contribution >= 4 is 5.91 Å². The number of methoxy groups -OCH3 is 1. The summed E-state index contributed by atoms with van der Waals surface area (Å²) in [7, 11) is 1.67. The lowest BCUT2D eigenvalue weighted by molar-refractivity contribution is -0.136. The molecule has 1 saturated heterocycles. The van der Waals surface area contributed by atoms with E-state index in [4.69, 9.17) is 4.74 Å². The van der Waals surface area contributed by atoms with Crippen LogP contribution in [0.2, 0.25) is 0 Å². The number of hydrogen-bond acceptors (Lipinski definition) is 3. The quantitative estimate of drug-likeness (QED) is 0.899. The molecule has 3 aliphatic rings. The molecule has 1 N–H and O–H groups in total. The van der Waals surface area contributed by atoms with Crippen molar-refractivity contribution in [3.8, 4) is 5.75 Å². The number of hydrogen-bond donors (Lipinski definition) is 1. The van der Waals surface area contributed by atoms with Gasteiger partial charge in [-0.25, -0.2) is 0 Å². The maximum atomic E-state index is 13.7. The van der Waals surface area contributed by atoms with Crippen molar-refractivity contribution in [2.45, 2.75) is 51.4 Å². The highest BCUT2D eigenvalue weighted by atomic mass is 16.5. The summed E-state index contributed by atoms with van der Waals surface area (Å²) in [4.78, 5) is 15.8. The summed E-state index contributed by atoms with van der Waals surface area (Å²) in [6.45, 7) is 6.25. The number of aliphatic hydroxyl groups is 1. The van der Waals surface area contributed by atoms with E-state index in [2.05, 4.69) is 30.9 Å². The van der Waals surface area contributed by atoms with Crippen LogP contribution in [0, 0.1) is 16.7 Å². The Hall–Kier alpha value is -1.55. The third kappa shape index (κ3) is 2.41. The molecule has 2 aliphatic carbocycles. The Labute approximate surface area is 156 Å². The number of carbonyl (C=O) groups excluding carboxylic acids is 1. The van der Waals surface area contributed by atoms with Crippen LogP contribution in [0.25, 0.3) is 0 Å². The van der Waals surface area contributed by atoms with Crippen molar-refractivity contribution in [2.75, 3.05) is 26.8 Å². The third-order valence-corrected chi connectivity index (χ3v) is 7.51. The van der Waals surface area contributed by atoms with E-state index in [1.54, 1.807) is 7.11 Å². The lowest BCUT2D eigenvalue weighted by atomic mass is 9.48. The van der Waals surface area contributed by atoms with Crippen LogP contribution in [-0.4, -0.2) is 42.7 Å². The van der Waals surface area contributed by atoms with Gasteiger partial charge in [-0.1, -0.05) is 38.8 Å². The minimum atomic E-state index is -0.392. The summed E-state index contributed by atoms with van der Waals surface area (Å²) in [6, 6.07) is 8.07. The number of aliphatic hydroxyl groups excluding tert-OH is 1. The van der Waals surface area contributed by atoms with Gasteiger partial charge in [0.2, 0.25) is 5.91 Å². The number of fused-ring (bicyclic) bond motifs is 1. The van der Waals surface area contributed by atoms with E-state index in [1.165, 1.54) is 0 Å². The van der Waals surface area contributed by atoms with Gasteiger partial charge >= 0.3 is 0 Å². The van der Waals surface area contributed by atoms with Crippen LogP contribution in [0.15, 0.2) is 24.3 Å². The van der Waals surface area contributed by atoms with Crippen LogP contribution in [-0.2, 0) is 10.2 Å². The Morgan fingerprint density at radius 2 is 1.88 bits per heavy atom. The molecular formula is C22H31NO3. The van der Waals surface area contributed by atoms with Gasteiger partial charge in [-0.15, -0.1) is 0 Å². The SMILES string of the molecule is COc1ccc(C2(C(=O)N3C[C@@H]4C(C)(C)C[C@]4(CO)C3)CCCC2)cc1. The number of amides is 1. The van der Waals surface area contributed by atoms with Gasteiger partial charge in [0, 0.05) is 18.5 Å². The fourth-order valence-electron chi connectivity index (χ4n) is 6.31. The zero-order chi connectivity index (χ0) is 18.6. The van der Waals surface area contributed by atoms with Gasteiger partial charge in [0.1, 0.15) is 5.75 Å². The number of ether oxygens (including phenoxy) is 1. The summed E-state index contributed by atoms with van der Waals surface area (Å²) in [5.74, 6) is 1.52. The first kappa shape index (κ1) is 17.8. The predicted molar refractivity (Wildman–Crippen MR) is 101 cm³/mol. The number of carbonyl (C=O) groups is 1. The molecule has 1 amide bonds. The lowest BCUT2D eigenvalue weighted by Crippen LogP contribution is -2.54. The van der Waals surface area contributed by atoms with E-state index >= 15 is 0 Å². The third-order valence-electron chi connectivity index (χ3n) is 7.51. The molecule has 0 aromatic heterocycles. The molecular weight excluding hydrogens is 326 g/mol. The van der Waals surface area contributed by atoms with Crippen LogP contribution in [0.3, 0.4) is 0 Å². The van der Waals surface area contributed by atoms with Crippen LogP contribution in [0.5, 0.6) is 5.75 Å². The molecule has 142 valence electrons. The zero-order valence-electron chi connectivity index (χ0n) is 16.3. The number of benzene rings is 1. The van der Waals surface area contributed by atoms with E-state index in [0.29, 0.717) is 12.5 Å². The van der Waals surface area contributed by atoms with E-state index in [0.717, 1.165) is 50.0 Å². The normalized spacial score (nSPS) is 31.4. The van der Waals surface area contributed by atoms with Crippen molar-refractivity contribution < 1.29 is 14.6 Å². The van der Waals surface area contributed by atoms with Crippen molar-refractivity contribution in [1.82, 2.24) is 4.90 Å². The minimum Gasteiger partial charge on any atom is -0.497 e. The summed E-state index contributed by atoms with van der Waals surface area (Å²) in [6.07, 6.45) is 5.07. The largest absolute Gasteiger partial charge is 0.497 e. The van der Waals surface area contributed by atoms with Gasteiger partial charge in [-0.2, -0.15) is 0 Å². The van der Waals surface area contributed by atoms with Gasteiger partial charge in [-0.3, -0.25) is 4.79 Å². The summed E-state index contributed by atoms with van der Waals surface area (Å²) < 4.78 is 5.29. The smallest absolute Gasteiger partial charge is 0.233 e. The topological polar surface area (TPSA) is 49.8 Å². The number of rotatable bonds is 4. The molecule has 2 saturated carbocycles. The molecule has 0 unspecified atom stereocenters. The molecule has 26 heavy (non-hydrogen) atoms. The van der Waals surface area contributed by atoms with Crippen molar-refractivity contribution in [3.63, 3.8) is 0 Å². The molecule has 1 aliphatic heterocycles. The predicted octanol–water partition coefficient (Wildman–Crippen LogP) is 3.37. The van der Waals surface area contributed by atoms with Gasteiger partial charge < -0.3 is 14.7 Å². The summed E-state index contributed by atoms with van der Waals surface area (Å²) in [5.41, 5.74) is 0.883. The second kappa shape index (κ2) is 5.98. The molecule has 1 heterocycles. The van der Waals surface area contributed by atoms with E-state index < -0.39 is 5.41 Å². The van der Waals surface area contributed by atoms with Gasteiger partial charge in [0.05, 0.1) is 19.1 Å². The van der Waals surface area contributed by atoms with Crippen LogP contribution in [0.4, 0.5) is 0 Å². The monoisotopic (exact) mass is 357 g/mol. The van der Waals surface area contributed by atoms with Crippen molar-refractivity contribution in [3.05, 3.63) is 29.8 Å². The van der Waals surface area contributed by atoms with Crippen molar-refractivity contribution in [1.29, 1.82) is 0 Å². The highest BCUT2D eigenvalue weighted by Crippen LogP contribution is 2.63. The van der Waals surface area contributed by atoms with Crippen LogP contribution in [0.1, 0.15) is 51.5 Å². The molecule has 3 fully saturated rings. The second-order valence-corrected chi connectivity index (χ2v) is 9.44. The molecule has 0 radical (unpaired) electrons. The Morgan fingerprint density at radius 3 is 2.38 bits per heavy atom. The first-order valence-electron chi connectivity index (χ1n) is 9.92. The maximum Gasteiger partial charge on any atom is 0.233 e. The van der Waals surface area contributed by atoms with Crippen LogP contribution < -0.4 is 4.74 Å². The molecule has 2 atom stereocenters. The van der Waals surface area contributed by atoms with E-state index in [-0.39, 0.29) is 23.3 Å².